The van der Waals surface area contributed by atoms with Gasteiger partial charge in [0.1, 0.15) is 0 Å². The largest absolute Gasteiger partial charge is 0.372 e. The number of hydrogen-bond donors (Lipinski definition) is 1. The van der Waals surface area contributed by atoms with Crippen LogP contribution in [0.2, 0.25) is 0 Å². The van der Waals surface area contributed by atoms with E-state index in [9.17, 15) is 0 Å². The maximum absolute atomic E-state index is 3.79. The fourth-order valence-corrected chi connectivity index (χ4v) is 3.86. The summed E-state index contributed by atoms with van der Waals surface area (Å²) in [6, 6.07) is 9.79. The SMILES string of the molecule is CCN(CC)c1ccc(CNC2CN3CCC2CC3)cc1. The third kappa shape index (κ3) is 3.41. The number of nitrogens with zero attached hydrogens (tertiary/aromatic N) is 2. The van der Waals surface area contributed by atoms with Gasteiger partial charge in [-0.3, -0.25) is 0 Å². The molecule has 3 heterocycles. The van der Waals surface area contributed by atoms with E-state index < -0.39 is 0 Å². The molecule has 3 nitrogen and oxygen atoms in total. The predicted molar refractivity (Wildman–Crippen MR) is 89.8 cm³/mol. The molecule has 2 bridgehead atoms. The van der Waals surface area contributed by atoms with Crippen molar-refractivity contribution < 1.29 is 0 Å². The smallest absolute Gasteiger partial charge is 0.0366 e. The average molecular weight is 287 g/mol. The number of nitrogens with one attached hydrogen (secondary N) is 1. The van der Waals surface area contributed by atoms with Crippen LogP contribution in [0.15, 0.2) is 24.3 Å². The van der Waals surface area contributed by atoms with Gasteiger partial charge in [-0.2, -0.15) is 0 Å². The van der Waals surface area contributed by atoms with E-state index in [0.29, 0.717) is 6.04 Å². The molecule has 3 aliphatic rings. The second kappa shape index (κ2) is 6.80. The molecule has 0 spiro atoms. The highest BCUT2D eigenvalue weighted by atomic mass is 15.2. The van der Waals surface area contributed by atoms with E-state index >= 15 is 0 Å². The molecule has 0 aromatic heterocycles. The van der Waals surface area contributed by atoms with Gasteiger partial charge in [-0.05, 0) is 63.4 Å². The lowest BCUT2D eigenvalue weighted by atomic mass is 9.84. The van der Waals surface area contributed by atoms with Gasteiger partial charge < -0.3 is 15.1 Å². The number of benzene rings is 1. The second-order valence-electron chi connectivity index (χ2n) is 6.46. The normalized spacial score (nSPS) is 27.8. The number of piperidine rings is 3. The van der Waals surface area contributed by atoms with E-state index in [-0.39, 0.29) is 0 Å². The Labute approximate surface area is 129 Å². The van der Waals surface area contributed by atoms with Gasteiger partial charge in [0.2, 0.25) is 0 Å². The Morgan fingerprint density at radius 2 is 1.76 bits per heavy atom. The summed E-state index contributed by atoms with van der Waals surface area (Å²) >= 11 is 0. The molecular weight excluding hydrogens is 258 g/mol. The van der Waals surface area contributed by atoms with Gasteiger partial charge in [0, 0.05) is 37.9 Å². The van der Waals surface area contributed by atoms with E-state index in [4.69, 9.17) is 0 Å². The van der Waals surface area contributed by atoms with Crippen LogP contribution in [0.3, 0.4) is 0 Å². The van der Waals surface area contributed by atoms with Gasteiger partial charge in [0.15, 0.2) is 0 Å². The molecule has 1 atom stereocenters. The first-order valence-corrected chi connectivity index (χ1v) is 8.59. The van der Waals surface area contributed by atoms with E-state index in [1.807, 2.05) is 0 Å². The van der Waals surface area contributed by atoms with Crippen LogP contribution in [0.5, 0.6) is 0 Å². The van der Waals surface area contributed by atoms with E-state index in [1.165, 1.54) is 43.7 Å². The summed E-state index contributed by atoms with van der Waals surface area (Å²) in [5, 5.41) is 3.79. The lowest BCUT2D eigenvalue weighted by Crippen LogP contribution is -2.55. The maximum Gasteiger partial charge on any atom is 0.0366 e. The number of hydrogen-bond acceptors (Lipinski definition) is 3. The molecule has 3 saturated heterocycles. The highest BCUT2D eigenvalue weighted by Gasteiger charge is 2.33. The predicted octanol–water partition coefficient (Wildman–Crippen LogP) is 2.72. The van der Waals surface area contributed by atoms with Crippen molar-refractivity contribution in [2.75, 3.05) is 37.6 Å². The molecule has 4 rings (SSSR count). The summed E-state index contributed by atoms with van der Waals surface area (Å²) in [7, 11) is 0. The zero-order valence-electron chi connectivity index (χ0n) is 13.5. The minimum absolute atomic E-state index is 0.704. The molecule has 3 heteroatoms. The Morgan fingerprint density at radius 1 is 1.10 bits per heavy atom. The molecule has 0 radical (unpaired) electrons. The fourth-order valence-electron chi connectivity index (χ4n) is 3.86. The van der Waals surface area contributed by atoms with E-state index in [2.05, 4.69) is 53.2 Å². The summed E-state index contributed by atoms with van der Waals surface area (Å²) in [6.07, 6.45) is 2.77. The third-order valence-corrected chi connectivity index (χ3v) is 5.29. The minimum Gasteiger partial charge on any atom is -0.372 e. The topological polar surface area (TPSA) is 18.5 Å². The minimum atomic E-state index is 0.704. The van der Waals surface area contributed by atoms with Crippen LogP contribution in [0, 0.1) is 5.92 Å². The van der Waals surface area contributed by atoms with Crippen molar-refractivity contribution in [3.63, 3.8) is 0 Å². The van der Waals surface area contributed by atoms with Crippen LogP contribution < -0.4 is 10.2 Å². The molecule has 1 aromatic carbocycles. The number of anilines is 1. The molecule has 3 fully saturated rings. The highest BCUT2D eigenvalue weighted by molar-refractivity contribution is 5.47. The van der Waals surface area contributed by atoms with Crippen molar-refractivity contribution in [2.24, 2.45) is 5.92 Å². The van der Waals surface area contributed by atoms with Gasteiger partial charge in [-0.25, -0.2) is 0 Å². The third-order valence-electron chi connectivity index (χ3n) is 5.29. The Bertz CT molecular complexity index is 430. The molecular formula is C18H29N3. The van der Waals surface area contributed by atoms with Crippen LogP contribution in [0.25, 0.3) is 0 Å². The lowest BCUT2D eigenvalue weighted by molar-refractivity contribution is 0.0720. The first-order valence-electron chi connectivity index (χ1n) is 8.59. The van der Waals surface area contributed by atoms with Crippen LogP contribution in [0.1, 0.15) is 32.3 Å². The zero-order chi connectivity index (χ0) is 14.7. The molecule has 0 saturated carbocycles. The van der Waals surface area contributed by atoms with Crippen LogP contribution in [-0.4, -0.2) is 43.7 Å². The van der Waals surface area contributed by atoms with Crippen molar-refractivity contribution in [3.05, 3.63) is 29.8 Å². The Hall–Kier alpha value is -1.06. The Morgan fingerprint density at radius 3 is 2.29 bits per heavy atom. The molecule has 0 amide bonds. The summed E-state index contributed by atoms with van der Waals surface area (Å²) < 4.78 is 0. The Balaban J connectivity index is 1.53. The fraction of sp³-hybridized carbons (Fsp3) is 0.667. The molecule has 3 aliphatic heterocycles. The van der Waals surface area contributed by atoms with Crippen LogP contribution in [0.4, 0.5) is 5.69 Å². The first-order chi connectivity index (χ1) is 10.3. The van der Waals surface area contributed by atoms with Crippen molar-refractivity contribution in [1.82, 2.24) is 10.2 Å². The van der Waals surface area contributed by atoms with Gasteiger partial charge >= 0.3 is 0 Å². The van der Waals surface area contributed by atoms with E-state index in [0.717, 1.165) is 25.6 Å². The summed E-state index contributed by atoms with van der Waals surface area (Å²) in [5.41, 5.74) is 2.74. The zero-order valence-corrected chi connectivity index (χ0v) is 13.5. The summed E-state index contributed by atoms with van der Waals surface area (Å²) in [6.45, 7) is 11.5. The molecule has 1 unspecified atom stereocenters. The van der Waals surface area contributed by atoms with E-state index in [1.54, 1.807) is 0 Å². The van der Waals surface area contributed by atoms with Crippen molar-refractivity contribution in [2.45, 2.75) is 39.3 Å². The number of fused-ring (bicyclic) bond motifs is 3. The monoisotopic (exact) mass is 287 g/mol. The van der Waals surface area contributed by atoms with Gasteiger partial charge in [-0.1, -0.05) is 12.1 Å². The Kier molecular flexibility index (Phi) is 4.81. The quantitative estimate of drug-likeness (QED) is 0.868. The van der Waals surface area contributed by atoms with Crippen molar-refractivity contribution in [3.8, 4) is 0 Å². The molecule has 1 N–H and O–H groups in total. The van der Waals surface area contributed by atoms with Gasteiger partial charge in [-0.15, -0.1) is 0 Å². The second-order valence-corrected chi connectivity index (χ2v) is 6.46. The van der Waals surface area contributed by atoms with Crippen molar-refractivity contribution >= 4 is 5.69 Å². The van der Waals surface area contributed by atoms with Crippen molar-refractivity contribution in [1.29, 1.82) is 0 Å². The lowest BCUT2D eigenvalue weighted by Gasteiger charge is -2.45. The summed E-state index contributed by atoms with van der Waals surface area (Å²) in [4.78, 5) is 5.01. The van der Waals surface area contributed by atoms with Crippen LogP contribution >= 0.6 is 0 Å². The molecule has 0 aliphatic carbocycles. The molecule has 116 valence electrons. The molecule has 21 heavy (non-hydrogen) atoms. The van der Waals surface area contributed by atoms with Gasteiger partial charge in [0.25, 0.3) is 0 Å². The number of rotatable bonds is 6. The standard InChI is InChI=1S/C18H29N3/c1-3-21(4-2)17-7-5-15(6-8-17)13-19-18-14-20-11-9-16(18)10-12-20/h5-8,16,18-19H,3-4,9-14H2,1-2H3. The molecule has 1 aromatic rings. The maximum atomic E-state index is 3.79. The van der Waals surface area contributed by atoms with Gasteiger partial charge in [0.05, 0.1) is 0 Å². The summed E-state index contributed by atoms with van der Waals surface area (Å²) in [5.74, 6) is 0.907. The first kappa shape index (κ1) is 14.9. The van der Waals surface area contributed by atoms with Crippen LogP contribution in [-0.2, 0) is 6.54 Å². The highest BCUT2D eigenvalue weighted by Crippen LogP contribution is 2.27. The average Bonchev–Trinajstić information content (AvgIpc) is 2.56.